The molecule has 3 N–H and O–H groups in total. The highest BCUT2D eigenvalue weighted by molar-refractivity contribution is 9.10. The molecule has 0 heterocycles. The van der Waals surface area contributed by atoms with E-state index in [1.165, 1.54) is 42.1 Å². The van der Waals surface area contributed by atoms with Gasteiger partial charge in [0, 0.05) is 26.3 Å². The fraction of sp³-hybridized carbons (Fsp3) is 0.0938. The van der Waals surface area contributed by atoms with Crippen molar-refractivity contribution in [2.75, 3.05) is 10.6 Å². The van der Waals surface area contributed by atoms with E-state index in [0.717, 1.165) is 9.37 Å². The maximum atomic E-state index is 13.4. The van der Waals surface area contributed by atoms with Crippen molar-refractivity contribution in [1.29, 1.82) is 0 Å². The molecule has 0 aliphatic heterocycles. The molecule has 9 heteroatoms. The molecule has 208 valence electrons. The van der Waals surface area contributed by atoms with E-state index in [4.69, 9.17) is 0 Å². The molecule has 0 saturated heterocycles. The fourth-order valence-corrected chi connectivity index (χ4v) is 5.03. The number of carbonyl (C=O) groups is 3. The molecule has 0 saturated carbocycles. The number of benzene rings is 4. The van der Waals surface area contributed by atoms with E-state index in [-0.39, 0.29) is 16.9 Å². The zero-order valence-electron chi connectivity index (χ0n) is 22.1. The van der Waals surface area contributed by atoms with Crippen LogP contribution in [-0.2, 0) is 9.59 Å². The van der Waals surface area contributed by atoms with Gasteiger partial charge in [-0.05, 0) is 84.8 Å². The summed E-state index contributed by atoms with van der Waals surface area (Å²) in [4.78, 5) is 39.9. The van der Waals surface area contributed by atoms with E-state index in [1.54, 1.807) is 48.5 Å². The Kier molecular flexibility index (Phi) is 10.5. The Bertz CT molecular complexity index is 1540. The molecule has 4 aromatic carbocycles. The maximum Gasteiger partial charge on any atom is 0.272 e. The molecule has 4 aromatic rings. The molecule has 0 bridgehead atoms. The van der Waals surface area contributed by atoms with Crippen molar-refractivity contribution in [3.05, 3.63) is 130 Å². The van der Waals surface area contributed by atoms with Crippen LogP contribution in [0.2, 0.25) is 0 Å². The van der Waals surface area contributed by atoms with Gasteiger partial charge in [0.05, 0.1) is 5.25 Å². The third-order valence-corrected chi connectivity index (χ3v) is 7.74. The van der Waals surface area contributed by atoms with Gasteiger partial charge in [-0.1, -0.05) is 59.3 Å². The van der Waals surface area contributed by atoms with Gasteiger partial charge >= 0.3 is 0 Å². The van der Waals surface area contributed by atoms with Gasteiger partial charge < -0.3 is 16.0 Å². The molecule has 4 rings (SSSR count). The standard InChI is InChI=1S/C32H27BrFN3O3S/c1-2-29(32(40)35-25-17-13-23(33)14-18-25)41-27-10-6-9-26(20-27)36-31(39)28(19-21-11-15-24(34)16-12-21)37-30(38)22-7-4-3-5-8-22/h3-20,29H,2H2,1H3,(H,35,40)(H,36,39)(H,37,38)/b28-19-. The van der Waals surface area contributed by atoms with Crippen LogP contribution >= 0.6 is 27.7 Å². The zero-order chi connectivity index (χ0) is 29.2. The summed E-state index contributed by atoms with van der Waals surface area (Å²) in [5, 5.41) is 8.07. The molecular formula is C32H27BrFN3O3S. The number of thioether (sulfide) groups is 1. The summed E-state index contributed by atoms with van der Waals surface area (Å²) < 4.78 is 14.4. The summed E-state index contributed by atoms with van der Waals surface area (Å²) in [6.45, 7) is 1.94. The van der Waals surface area contributed by atoms with Crippen LogP contribution < -0.4 is 16.0 Å². The zero-order valence-corrected chi connectivity index (χ0v) is 24.5. The number of halogens is 2. The largest absolute Gasteiger partial charge is 0.325 e. The van der Waals surface area contributed by atoms with Crippen molar-refractivity contribution in [3.8, 4) is 0 Å². The predicted octanol–water partition coefficient (Wildman–Crippen LogP) is 7.51. The fourth-order valence-electron chi connectivity index (χ4n) is 3.76. The van der Waals surface area contributed by atoms with E-state index in [2.05, 4.69) is 31.9 Å². The molecular weight excluding hydrogens is 605 g/mol. The molecule has 0 aliphatic carbocycles. The Labute approximate surface area is 250 Å². The normalized spacial score (nSPS) is 11.8. The second-order valence-electron chi connectivity index (χ2n) is 8.92. The second-order valence-corrected chi connectivity index (χ2v) is 11.1. The first-order valence-electron chi connectivity index (χ1n) is 12.8. The van der Waals surface area contributed by atoms with Crippen LogP contribution in [0.5, 0.6) is 0 Å². The first-order valence-corrected chi connectivity index (χ1v) is 14.5. The monoisotopic (exact) mass is 631 g/mol. The molecule has 3 amide bonds. The van der Waals surface area contributed by atoms with E-state index < -0.39 is 17.6 Å². The van der Waals surface area contributed by atoms with Crippen LogP contribution in [0.15, 0.2) is 118 Å². The molecule has 1 unspecified atom stereocenters. The lowest BCUT2D eigenvalue weighted by molar-refractivity contribution is -0.116. The minimum Gasteiger partial charge on any atom is -0.325 e. The van der Waals surface area contributed by atoms with E-state index in [9.17, 15) is 18.8 Å². The van der Waals surface area contributed by atoms with Crippen LogP contribution in [0.3, 0.4) is 0 Å². The number of hydrogen-bond donors (Lipinski definition) is 3. The van der Waals surface area contributed by atoms with Gasteiger partial charge in [-0.25, -0.2) is 4.39 Å². The van der Waals surface area contributed by atoms with Crippen molar-refractivity contribution < 1.29 is 18.8 Å². The summed E-state index contributed by atoms with van der Waals surface area (Å²) in [6, 6.07) is 28.6. The average molecular weight is 633 g/mol. The number of anilines is 2. The minimum absolute atomic E-state index is 0.0103. The van der Waals surface area contributed by atoms with Gasteiger partial charge in [-0.15, -0.1) is 11.8 Å². The third-order valence-electron chi connectivity index (χ3n) is 5.86. The van der Waals surface area contributed by atoms with Crippen LogP contribution in [-0.4, -0.2) is 23.0 Å². The molecule has 41 heavy (non-hydrogen) atoms. The summed E-state index contributed by atoms with van der Waals surface area (Å²) in [5.74, 6) is -1.55. The lowest BCUT2D eigenvalue weighted by Crippen LogP contribution is -2.30. The quantitative estimate of drug-likeness (QED) is 0.125. The van der Waals surface area contributed by atoms with Gasteiger partial charge in [0.2, 0.25) is 5.91 Å². The van der Waals surface area contributed by atoms with Crippen LogP contribution in [0.4, 0.5) is 15.8 Å². The van der Waals surface area contributed by atoms with E-state index in [0.29, 0.717) is 28.9 Å². The first kappa shape index (κ1) is 29.8. The lowest BCUT2D eigenvalue weighted by Gasteiger charge is -2.16. The minimum atomic E-state index is -0.555. The van der Waals surface area contributed by atoms with Crippen molar-refractivity contribution in [1.82, 2.24) is 5.32 Å². The highest BCUT2D eigenvalue weighted by Gasteiger charge is 2.19. The first-order chi connectivity index (χ1) is 19.8. The van der Waals surface area contributed by atoms with Crippen LogP contribution in [0.25, 0.3) is 6.08 Å². The lowest BCUT2D eigenvalue weighted by atomic mass is 10.1. The van der Waals surface area contributed by atoms with Gasteiger partial charge in [0.1, 0.15) is 11.5 Å². The van der Waals surface area contributed by atoms with Crippen molar-refractivity contribution in [2.24, 2.45) is 0 Å². The van der Waals surface area contributed by atoms with Gasteiger partial charge in [0.15, 0.2) is 0 Å². The molecule has 0 aromatic heterocycles. The predicted molar refractivity (Wildman–Crippen MR) is 166 cm³/mol. The highest BCUT2D eigenvalue weighted by atomic mass is 79.9. The molecule has 1 atom stereocenters. The highest BCUT2D eigenvalue weighted by Crippen LogP contribution is 2.29. The Hall–Kier alpha value is -4.21. The van der Waals surface area contributed by atoms with Gasteiger partial charge in [0.25, 0.3) is 11.8 Å². The number of carbonyl (C=O) groups excluding carboxylic acids is 3. The average Bonchev–Trinajstić information content (AvgIpc) is 2.98. The number of nitrogens with one attached hydrogen (secondary N) is 3. The summed E-state index contributed by atoms with van der Waals surface area (Å²) in [6.07, 6.45) is 2.08. The van der Waals surface area contributed by atoms with Crippen LogP contribution in [0.1, 0.15) is 29.3 Å². The van der Waals surface area contributed by atoms with Crippen molar-refractivity contribution in [3.63, 3.8) is 0 Å². The van der Waals surface area contributed by atoms with Gasteiger partial charge in [-0.2, -0.15) is 0 Å². The molecule has 0 fully saturated rings. The Morgan fingerprint density at radius 2 is 1.56 bits per heavy atom. The van der Waals surface area contributed by atoms with Crippen molar-refractivity contribution >= 4 is 62.9 Å². The van der Waals surface area contributed by atoms with E-state index in [1.807, 2.05) is 37.3 Å². The maximum absolute atomic E-state index is 13.4. The van der Waals surface area contributed by atoms with Crippen molar-refractivity contribution in [2.45, 2.75) is 23.5 Å². The number of rotatable bonds is 10. The van der Waals surface area contributed by atoms with Gasteiger partial charge in [-0.3, -0.25) is 14.4 Å². The SMILES string of the molecule is CCC(Sc1cccc(NC(=O)/C(=C/c2ccc(F)cc2)NC(=O)c2ccccc2)c1)C(=O)Nc1ccc(Br)cc1. The molecule has 0 aliphatic rings. The molecule has 0 spiro atoms. The topological polar surface area (TPSA) is 87.3 Å². The second kappa shape index (κ2) is 14.4. The Morgan fingerprint density at radius 1 is 0.854 bits per heavy atom. The molecule has 0 radical (unpaired) electrons. The van der Waals surface area contributed by atoms with E-state index >= 15 is 0 Å². The van der Waals surface area contributed by atoms with Crippen LogP contribution in [0, 0.1) is 5.82 Å². The summed E-state index contributed by atoms with van der Waals surface area (Å²) in [7, 11) is 0. The third kappa shape index (κ3) is 8.89. The molecule has 6 nitrogen and oxygen atoms in total. The number of hydrogen-bond acceptors (Lipinski definition) is 4. The Balaban J connectivity index is 1.49. The summed E-state index contributed by atoms with van der Waals surface area (Å²) >= 11 is 4.78. The Morgan fingerprint density at radius 3 is 2.24 bits per heavy atom. The summed E-state index contributed by atoms with van der Waals surface area (Å²) in [5.41, 5.74) is 2.11. The smallest absolute Gasteiger partial charge is 0.272 e. The number of amides is 3.